The molecular weight excluding hydrogens is 849 g/mol. The fourth-order valence-corrected chi connectivity index (χ4v) is 8.92. The molecule has 4 aromatic carbocycles. The van der Waals surface area contributed by atoms with Gasteiger partial charge in [-0.05, 0) is 106 Å². The maximum Gasteiger partial charge on any atom is 0.357 e. The van der Waals surface area contributed by atoms with Gasteiger partial charge in [-0.15, -0.1) is 0 Å². The predicted octanol–water partition coefficient (Wildman–Crippen LogP) is 1.33. The lowest BCUT2D eigenvalue weighted by atomic mass is 9.87. The molecule has 0 unspecified atom stereocenters. The van der Waals surface area contributed by atoms with Gasteiger partial charge in [0.15, 0.2) is 21.4 Å². The lowest BCUT2D eigenvalue weighted by Crippen LogP contribution is -3.61. The summed E-state index contributed by atoms with van der Waals surface area (Å²) in [5, 5.41) is 0. The van der Waals surface area contributed by atoms with E-state index in [-0.39, 0.29) is 69.0 Å². The number of benzene rings is 4. The van der Waals surface area contributed by atoms with E-state index in [0.717, 1.165) is 0 Å². The zero-order chi connectivity index (χ0) is 31.1. The van der Waals surface area contributed by atoms with Crippen LogP contribution in [-0.4, -0.2) is 0 Å². The molecule has 0 aliphatic carbocycles. The van der Waals surface area contributed by atoms with Crippen LogP contribution < -0.4 is 63.6 Å². The molecule has 4 rings (SSSR count). The summed E-state index contributed by atoms with van der Waals surface area (Å²) in [5.41, 5.74) is 5.62. The topological polar surface area (TPSA) is 0 Å². The molecule has 0 fully saturated rings. The molecule has 0 aliphatic heterocycles. The molecule has 0 N–H and O–H groups in total. The van der Waals surface area contributed by atoms with Crippen LogP contribution in [0.1, 0.15) is 43.0 Å². The number of aryl methyl sites for hydroxylation is 3. The van der Waals surface area contributed by atoms with E-state index < -0.39 is 0 Å². The van der Waals surface area contributed by atoms with Crippen LogP contribution in [0.15, 0.2) is 143 Å². The van der Waals surface area contributed by atoms with E-state index in [1.807, 2.05) is 12.2 Å². The first-order chi connectivity index (χ1) is 19.9. The summed E-state index contributed by atoms with van der Waals surface area (Å²) < 4.78 is 8.15. The van der Waals surface area contributed by atoms with Crippen molar-refractivity contribution in [3.8, 4) is 0 Å². The Morgan fingerprint density at radius 3 is 1.07 bits per heavy atom. The Morgan fingerprint density at radius 1 is 0.500 bits per heavy atom. The number of hydrogen-bond donors (Lipinski definition) is 0. The first kappa shape index (κ1) is 36.2. The van der Waals surface area contributed by atoms with Gasteiger partial charge in [-0.3, -0.25) is 0 Å². The highest BCUT2D eigenvalue weighted by atomic mass is 127. The third-order valence-corrected chi connectivity index (χ3v) is 13.5. The minimum atomic E-state index is -0.0981. The molecular formula is C39H44I3+3. The van der Waals surface area contributed by atoms with Crippen molar-refractivity contribution in [1.82, 2.24) is 0 Å². The van der Waals surface area contributed by atoms with Crippen LogP contribution in [0.25, 0.3) is 0 Å². The molecule has 0 amide bonds. The number of halogens is 3. The Labute approximate surface area is 286 Å². The summed E-state index contributed by atoms with van der Waals surface area (Å²) >= 11 is -0.156. The van der Waals surface area contributed by atoms with Gasteiger partial charge < -0.3 is 0 Å². The molecule has 0 heterocycles. The van der Waals surface area contributed by atoms with Crippen molar-refractivity contribution < 1.29 is 63.6 Å². The van der Waals surface area contributed by atoms with Crippen molar-refractivity contribution in [2.75, 3.05) is 0 Å². The average Bonchev–Trinajstić information content (AvgIpc) is 2.97. The van der Waals surface area contributed by atoms with Gasteiger partial charge in [0.2, 0.25) is 0 Å². The van der Waals surface area contributed by atoms with Gasteiger partial charge in [0.1, 0.15) is 0 Å². The second-order valence-electron chi connectivity index (χ2n) is 10.7. The summed E-state index contributed by atoms with van der Waals surface area (Å²) in [7, 11) is 0. The van der Waals surface area contributed by atoms with E-state index >= 15 is 0 Å². The van der Waals surface area contributed by atoms with Crippen LogP contribution in [0, 0.1) is 35.1 Å². The number of rotatable bonds is 8. The van der Waals surface area contributed by atoms with Crippen LogP contribution in [0.4, 0.5) is 0 Å². The van der Waals surface area contributed by atoms with Crippen molar-refractivity contribution in [2.24, 2.45) is 0 Å². The Hall–Kier alpha value is -1.97. The molecule has 0 aliphatic rings. The monoisotopic (exact) mass is 893 g/mol. The Kier molecular flexibility index (Phi) is 16.1. The molecule has 42 heavy (non-hydrogen) atoms. The highest BCUT2D eigenvalue weighted by Crippen LogP contribution is 2.20. The lowest BCUT2D eigenvalue weighted by molar-refractivity contribution is -0.597. The first-order valence-electron chi connectivity index (χ1n) is 13.8. The first-order valence-corrected chi connectivity index (χ1v) is 20.2. The van der Waals surface area contributed by atoms with E-state index in [1.54, 1.807) is 0 Å². The van der Waals surface area contributed by atoms with Crippen LogP contribution >= 0.6 is 0 Å². The second kappa shape index (κ2) is 18.6. The number of hydrogen-bond acceptors (Lipinski definition) is 0. The minimum Gasteiger partial charge on any atom is -0.0946 e. The summed E-state index contributed by atoms with van der Waals surface area (Å²) in [6, 6.07) is 35.3. The smallest absolute Gasteiger partial charge is 0.0946 e. The molecule has 0 saturated heterocycles. The molecule has 0 saturated carbocycles. The third-order valence-electron chi connectivity index (χ3n) is 5.87. The highest BCUT2D eigenvalue weighted by Gasteiger charge is 2.18. The summed E-state index contributed by atoms with van der Waals surface area (Å²) in [4.78, 5) is 0. The summed E-state index contributed by atoms with van der Waals surface area (Å²) in [6.07, 6.45) is 3.72. The standard InChI is InChI=1S/C14H14I.C14H18I.C11H12I/c1-11-3-7-13(8-4-11)15-14-9-5-12(2)6-10-14;1-6-11(2)15-13-9-7-12(8-10-13)14(3,4)5;1-4-10(3)12-11-7-5-9(2)6-8-11/h3-10H,1-2H3;6-10H,1-2H2,3-5H3;4-8H,1,3H2,2H3/q3*+1. The van der Waals surface area contributed by atoms with Gasteiger partial charge in [-0.1, -0.05) is 99.2 Å². The fraction of sp³-hybridized carbons (Fsp3) is 0.179. The van der Waals surface area contributed by atoms with Crippen molar-refractivity contribution in [2.45, 2.75) is 47.0 Å². The van der Waals surface area contributed by atoms with Crippen molar-refractivity contribution in [1.29, 1.82) is 0 Å². The van der Waals surface area contributed by atoms with Crippen LogP contribution in [-0.2, 0) is 5.41 Å². The van der Waals surface area contributed by atoms with Crippen molar-refractivity contribution in [3.05, 3.63) is 179 Å². The van der Waals surface area contributed by atoms with Crippen molar-refractivity contribution in [3.63, 3.8) is 0 Å². The normalized spacial score (nSPS) is 10.3. The van der Waals surface area contributed by atoms with Gasteiger partial charge in [0.25, 0.3) is 0 Å². The van der Waals surface area contributed by atoms with Gasteiger partial charge in [-0.25, -0.2) is 0 Å². The maximum atomic E-state index is 3.97. The van der Waals surface area contributed by atoms with Crippen LogP contribution in [0.5, 0.6) is 0 Å². The molecule has 0 nitrogen and oxygen atoms in total. The molecule has 0 spiro atoms. The molecule has 3 heteroatoms. The molecule has 0 bridgehead atoms. The second-order valence-corrected chi connectivity index (χ2v) is 20.1. The number of allylic oxidation sites excluding steroid dienone is 4. The van der Waals surface area contributed by atoms with Gasteiger partial charge in [0, 0.05) is 0 Å². The van der Waals surface area contributed by atoms with Crippen LogP contribution in [0.3, 0.4) is 0 Å². The molecule has 0 aromatic heterocycles. The Bertz CT molecular complexity index is 1380. The largest absolute Gasteiger partial charge is 0.357 e. The minimum absolute atomic E-state index is 0.00313. The Morgan fingerprint density at radius 2 is 0.786 bits per heavy atom. The third kappa shape index (κ3) is 14.5. The van der Waals surface area contributed by atoms with E-state index in [4.69, 9.17) is 0 Å². The van der Waals surface area contributed by atoms with Crippen LogP contribution in [0.2, 0.25) is 0 Å². The van der Waals surface area contributed by atoms with Gasteiger partial charge >= 0.3 is 63.6 Å². The predicted molar refractivity (Wildman–Crippen MR) is 172 cm³/mol. The SMILES string of the molecule is C=CC(=C)[I+]c1ccc(C(C)(C)C)cc1.C=CC(=C)[I+]c1ccc(C)cc1.Cc1ccc([I+]c2ccc(C)cc2)cc1. The summed E-state index contributed by atoms with van der Waals surface area (Å²) in [5.74, 6) is 0. The van der Waals surface area contributed by atoms with E-state index in [0.29, 0.717) is 0 Å². The zero-order valence-electron chi connectivity index (χ0n) is 25.9. The molecule has 0 atom stereocenters. The summed E-state index contributed by atoms with van der Waals surface area (Å²) in [6.45, 7) is 28.4. The molecule has 218 valence electrons. The zero-order valence-corrected chi connectivity index (χ0v) is 32.3. The highest BCUT2D eigenvalue weighted by molar-refractivity contribution is 5.22. The average molecular weight is 893 g/mol. The fourth-order valence-electron chi connectivity index (χ4n) is 3.28. The van der Waals surface area contributed by atoms with Gasteiger partial charge in [-0.2, -0.15) is 0 Å². The van der Waals surface area contributed by atoms with E-state index in [1.165, 1.54) is 43.7 Å². The lowest BCUT2D eigenvalue weighted by Gasteiger charge is -2.18. The van der Waals surface area contributed by atoms with E-state index in [9.17, 15) is 0 Å². The Balaban J connectivity index is 0.000000222. The van der Waals surface area contributed by atoms with E-state index in [2.05, 4.69) is 165 Å². The molecule has 4 aromatic rings. The quantitative estimate of drug-likeness (QED) is 0.185. The maximum absolute atomic E-state index is 3.97. The van der Waals surface area contributed by atoms with Crippen molar-refractivity contribution >= 4 is 0 Å². The van der Waals surface area contributed by atoms with Gasteiger partial charge in [0.05, 0.1) is 0 Å². The molecule has 0 radical (unpaired) electrons.